The van der Waals surface area contributed by atoms with E-state index in [1.165, 1.54) is 12.8 Å². The van der Waals surface area contributed by atoms with Gasteiger partial charge in [-0.05, 0) is 42.4 Å². The predicted molar refractivity (Wildman–Crippen MR) is 68.6 cm³/mol. The number of nitrogens with one attached hydrogen (secondary N) is 1. The van der Waals surface area contributed by atoms with Crippen LogP contribution in [0.1, 0.15) is 35.7 Å². The maximum Gasteiger partial charge on any atom is 0.251 e. The Morgan fingerprint density at radius 3 is 2.94 bits per heavy atom. The van der Waals surface area contributed by atoms with Crippen molar-refractivity contribution in [2.24, 2.45) is 17.6 Å². The lowest BCUT2D eigenvalue weighted by Gasteiger charge is -2.11. The molecule has 1 amide bonds. The van der Waals surface area contributed by atoms with Crippen LogP contribution in [0.25, 0.3) is 0 Å². The van der Waals surface area contributed by atoms with Crippen molar-refractivity contribution in [1.29, 1.82) is 0 Å². The minimum atomic E-state index is 0.00722. The summed E-state index contributed by atoms with van der Waals surface area (Å²) in [6, 6.07) is 7.50. The van der Waals surface area contributed by atoms with Crippen LogP contribution in [-0.4, -0.2) is 12.5 Å². The van der Waals surface area contributed by atoms with E-state index in [-0.39, 0.29) is 5.91 Å². The Hall–Kier alpha value is -1.35. The van der Waals surface area contributed by atoms with Gasteiger partial charge in [0.05, 0.1) is 0 Å². The number of rotatable bonds is 5. The van der Waals surface area contributed by atoms with E-state index in [4.69, 9.17) is 5.73 Å². The molecule has 3 nitrogen and oxygen atoms in total. The molecule has 1 aliphatic rings. The molecule has 0 spiro atoms. The molecule has 0 radical (unpaired) electrons. The number of amides is 1. The van der Waals surface area contributed by atoms with Crippen LogP contribution < -0.4 is 11.1 Å². The fraction of sp³-hybridized carbons (Fsp3) is 0.500. The molecule has 1 saturated carbocycles. The van der Waals surface area contributed by atoms with Gasteiger partial charge in [-0.25, -0.2) is 0 Å². The molecule has 0 bridgehead atoms. The van der Waals surface area contributed by atoms with E-state index in [2.05, 4.69) is 12.2 Å². The first-order chi connectivity index (χ1) is 8.20. The maximum absolute atomic E-state index is 11.9. The molecule has 0 heterocycles. The molecule has 17 heavy (non-hydrogen) atoms. The number of carbonyl (C=O) groups excluding carboxylic acids is 1. The molecule has 0 aromatic heterocycles. The van der Waals surface area contributed by atoms with E-state index in [1.807, 2.05) is 24.3 Å². The maximum atomic E-state index is 11.9. The van der Waals surface area contributed by atoms with Crippen LogP contribution in [0.3, 0.4) is 0 Å². The monoisotopic (exact) mass is 232 g/mol. The van der Waals surface area contributed by atoms with Crippen LogP contribution >= 0.6 is 0 Å². The van der Waals surface area contributed by atoms with Gasteiger partial charge in [0.25, 0.3) is 5.91 Å². The number of nitrogens with two attached hydrogens (primary N) is 1. The Morgan fingerprint density at radius 2 is 2.29 bits per heavy atom. The molecule has 0 saturated heterocycles. The second kappa shape index (κ2) is 5.32. The Bertz CT molecular complexity index is 399. The lowest BCUT2D eigenvalue weighted by molar-refractivity contribution is 0.0946. The summed E-state index contributed by atoms with van der Waals surface area (Å²) < 4.78 is 0. The molecule has 1 unspecified atom stereocenters. The van der Waals surface area contributed by atoms with Crippen molar-refractivity contribution in [3.8, 4) is 0 Å². The number of carbonyl (C=O) groups is 1. The molecule has 3 N–H and O–H groups in total. The highest BCUT2D eigenvalue weighted by molar-refractivity contribution is 5.94. The average molecular weight is 232 g/mol. The average Bonchev–Trinajstić information content (AvgIpc) is 3.19. The van der Waals surface area contributed by atoms with E-state index in [0.29, 0.717) is 18.0 Å². The molecule has 3 heteroatoms. The summed E-state index contributed by atoms with van der Waals surface area (Å²) in [4.78, 5) is 11.9. The summed E-state index contributed by atoms with van der Waals surface area (Å²) in [5.41, 5.74) is 7.26. The third-order valence-corrected chi connectivity index (χ3v) is 3.44. The predicted octanol–water partition coefficient (Wildman–Crippen LogP) is 1.92. The number of hydrogen-bond donors (Lipinski definition) is 2. The zero-order chi connectivity index (χ0) is 12.3. The van der Waals surface area contributed by atoms with Gasteiger partial charge in [0.2, 0.25) is 0 Å². The van der Waals surface area contributed by atoms with Gasteiger partial charge in [0.15, 0.2) is 0 Å². The molecule has 2 rings (SSSR count). The number of hydrogen-bond acceptors (Lipinski definition) is 2. The Kier molecular flexibility index (Phi) is 3.79. The second-order valence-corrected chi connectivity index (χ2v) is 4.93. The third-order valence-electron chi connectivity index (χ3n) is 3.44. The lowest BCUT2D eigenvalue weighted by Crippen LogP contribution is -2.29. The van der Waals surface area contributed by atoms with Crippen molar-refractivity contribution < 1.29 is 4.79 Å². The Morgan fingerprint density at radius 1 is 1.53 bits per heavy atom. The molecule has 1 fully saturated rings. The summed E-state index contributed by atoms with van der Waals surface area (Å²) in [7, 11) is 0. The van der Waals surface area contributed by atoms with Crippen LogP contribution in [0, 0.1) is 11.8 Å². The van der Waals surface area contributed by atoms with Crippen LogP contribution in [0.4, 0.5) is 0 Å². The van der Waals surface area contributed by atoms with Crippen LogP contribution in [-0.2, 0) is 6.54 Å². The van der Waals surface area contributed by atoms with E-state index < -0.39 is 0 Å². The van der Waals surface area contributed by atoms with Crippen molar-refractivity contribution in [3.63, 3.8) is 0 Å². The Balaban J connectivity index is 1.89. The minimum absolute atomic E-state index is 0.00722. The minimum Gasteiger partial charge on any atom is -0.352 e. The molecular formula is C14H20N2O. The lowest BCUT2D eigenvalue weighted by atomic mass is 10.1. The zero-order valence-corrected chi connectivity index (χ0v) is 10.3. The van der Waals surface area contributed by atoms with Gasteiger partial charge in [0.1, 0.15) is 0 Å². The SMILES string of the molecule is CC(CNC(=O)c1cccc(CN)c1)C1CC1. The zero-order valence-electron chi connectivity index (χ0n) is 10.3. The summed E-state index contributed by atoms with van der Waals surface area (Å²) in [6.07, 6.45) is 2.64. The second-order valence-electron chi connectivity index (χ2n) is 4.93. The molecule has 1 aromatic carbocycles. The standard InChI is InChI=1S/C14H20N2O/c1-10(12-5-6-12)9-16-14(17)13-4-2-3-11(7-13)8-15/h2-4,7,10,12H,5-6,8-9,15H2,1H3,(H,16,17). The van der Waals surface area contributed by atoms with E-state index in [1.54, 1.807) is 0 Å². The highest BCUT2D eigenvalue weighted by Crippen LogP contribution is 2.36. The fourth-order valence-corrected chi connectivity index (χ4v) is 2.03. The van der Waals surface area contributed by atoms with Gasteiger partial charge in [-0.15, -0.1) is 0 Å². The van der Waals surface area contributed by atoms with E-state index >= 15 is 0 Å². The molecule has 0 aliphatic heterocycles. The summed E-state index contributed by atoms with van der Waals surface area (Å²) >= 11 is 0. The quantitative estimate of drug-likeness (QED) is 0.815. The normalized spacial score (nSPS) is 16.6. The Labute approximate surface area is 102 Å². The summed E-state index contributed by atoms with van der Waals surface area (Å²) in [5, 5.41) is 2.99. The molecule has 1 aliphatic carbocycles. The van der Waals surface area contributed by atoms with Gasteiger partial charge in [-0.2, -0.15) is 0 Å². The van der Waals surface area contributed by atoms with E-state index in [0.717, 1.165) is 18.0 Å². The van der Waals surface area contributed by atoms with E-state index in [9.17, 15) is 4.79 Å². The van der Waals surface area contributed by atoms with Crippen LogP contribution in [0.2, 0.25) is 0 Å². The van der Waals surface area contributed by atoms with Gasteiger partial charge in [0, 0.05) is 18.7 Å². The first-order valence-electron chi connectivity index (χ1n) is 6.28. The highest BCUT2D eigenvalue weighted by Gasteiger charge is 2.27. The van der Waals surface area contributed by atoms with Gasteiger partial charge < -0.3 is 11.1 Å². The highest BCUT2D eigenvalue weighted by atomic mass is 16.1. The summed E-state index contributed by atoms with van der Waals surface area (Å²) in [5.74, 6) is 1.43. The molecule has 1 aromatic rings. The van der Waals surface area contributed by atoms with Crippen LogP contribution in [0.15, 0.2) is 24.3 Å². The topological polar surface area (TPSA) is 55.1 Å². The van der Waals surface area contributed by atoms with Gasteiger partial charge in [-0.1, -0.05) is 19.1 Å². The van der Waals surface area contributed by atoms with Gasteiger partial charge >= 0.3 is 0 Å². The smallest absolute Gasteiger partial charge is 0.251 e. The molecule has 92 valence electrons. The fourth-order valence-electron chi connectivity index (χ4n) is 2.03. The van der Waals surface area contributed by atoms with Crippen molar-refractivity contribution in [1.82, 2.24) is 5.32 Å². The summed E-state index contributed by atoms with van der Waals surface area (Å²) in [6.45, 7) is 3.45. The van der Waals surface area contributed by atoms with Crippen molar-refractivity contribution >= 4 is 5.91 Å². The van der Waals surface area contributed by atoms with Crippen molar-refractivity contribution in [2.45, 2.75) is 26.3 Å². The van der Waals surface area contributed by atoms with Crippen LogP contribution in [0.5, 0.6) is 0 Å². The first-order valence-corrected chi connectivity index (χ1v) is 6.28. The van der Waals surface area contributed by atoms with Gasteiger partial charge in [-0.3, -0.25) is 4.79 Å². The number of benzene rings is 1. The van der Waals surface area contributed by atoms with Crippen molar-refractivity contribution in [3.05, 3.63) is 35.4 Å². The molecular weight excluding hydrogens is 212 g/mol. The third kappa shape index (κ3) is 3.30. The largest absolute Gasteiger partial charge is 0.352 e. The molecule has 1 atom stereocenters. The first kappa shape index (κ1) is 12.1. The van der Waals surface area contributed by atoms with Crippen molar-refractivity contribution in [2.75, 3.05) is 6.54 Å².